The number of carbonyl (C=O) groups excluding carboxylic acids is 1. The molecule has 0 aliphatic heterocycles. The summed E-state index contributed by atoms with van der Waals surface area (Å²) in [6.45, 7) is 18.6. The average Bonchev–Trinajstić information content (AvgIpc) is 2.44. The van der Waals surface area contributed by atoms with E-state index in [0.29, 0.717) is 0 Å². The minimum absolute atomic E-state index is 0.0426. The lowest BCUT2D eigenvalue weighted by molar-refractivity contribution is -0.162. The molecule has 1 aliphatic carbocycles. The number of hydrogen-bond donors (Lipinski definition) is 0. The van der Waals surface area contributed by atoms with Crippen molar-refractivity contribution in [3.05, 3.63) is 0 Å². The zero-order valence-electron chi connectivity index (χ0n) is 17.7. The summed E-state index contributed by atoms with van der Waals surface area (Å²) < 4.78 is 17.7. The maximum absolute atomic E-state index is 12.1. The molecular formula is C20H40O4Si. The number of rotatable bonds is 7. The topological polar surface area (TPSA) is 44.8 Å². The zero-order valence-corrected chi connectivity index (χ0v) is 18.7. The molecule has 0 N–H and O–H groups in total. The lowest BCUT2D eigenvalue weighted by Gasteiger charge is -2.36. The molecule has 5 heteroatoms. The highest BCUT2D eigenvalue weighted by atomic mass is 28.4. The highest BCUT2D eigenvalue weighted by Gasteiger charge is 2.36. The summed E-state index contributed by atoms with van der Waals surface area (Å²) in [7, 11) is -1.64. The van der Waals surface area contributed by atoms with E-state index >= 15 is 0 Å². The van der Waals surface area contributed by atoms with Gasteiger partial charge in [0.25, 0.3) is 0 Å². The Morgan fingerprint density at radius 2 is 1.52 bits per heavy atom. The van der Waals surface area contributed by atoms with Crippen molar-refractivity contribution in [1.29, 1.82) is 0 Å². The van der Waals surface area contributed by atoms with Crippen molar-refractivity contribution < 1.29 is 18.7 Å². The van der Waals surface area contributed by atoms with Crippen LogP contribution in [0.5, 0.6) is 0 Å². The number of esters is 1. The maximum Gasteiger partial charge on any atom is 0.309 e. The first-order valence-electron chi connectivity index (χ1n) is 9.80. The first-order chi connectivity index (χ1) is 11.3. The Bertz CT molecular complexity index is 412. The van der Waals surface area contributed by atoms with E-state index < -0.39 is 13.9 Å². The highest BCUT2D eigenvalue weighted by Crippen LogP contribution is 2.36. The van der Waals surface area contributed by atoms with Gasteiger partial charge in [-0.1, -0.05) is 20.8 Å². The standard InChI is InChI=1S/C20H40O4Si/c1-19(2,3)24-18(21)16-10-12-17(13-11-16)22-14-9-15-23-25(7,8)20(4,5)6/h16-17H,9-15H2,1-8H3/t16-,17+. The lowest BCUT2D eigenvalue weighted by Crippen LogP contribution is -2.41. The molecule has 0 saturated heterocycles. The van der Waals surface area contributed by atoms with E-state index in [9.17, 15) is 4.79 Å². The highest BCUT2D eigenvalue weighted by molar-refractivity contribution is 6.74. The Labute approximate surface area is 156 Å². The van der Waals surface area contributed by atoms with Crippen molar-refractivity contribution in [2.45, 2.75) is 103 Å². The van der Waals surface area contributed by atoms with Gasteiger partial charge < -0.3 is 13.9 Å². The van der Waals surface area contributed by atoms with E-state index in [1.54, 1.807) is 0 Å². The number of ether oxygens (including phenoxy) is 2. The van der Waals surface area contributed by atoms with Gasteiger partial charge in [-0.25, -0.2) is 0 Å². The molecule has 0 amide bonds. The van der Waals surface area contributed by atoms with Crippen LogP contribution in [0.25, 0.3) is 0 Å². The fourth-order valence-electron chi connectivity index (χ4n) is 2.70. The fraction of sp³-hybridized carbons (Fsp3) is 0.950. The predicted octanol–water partition coefficient (Wildman–Crippen LogP) is 5.32. The Morgan fingerprint density at radius 1 is 0.960 bits per heavy atom. The largest absolute Gasteiger partial charge is 0.460 e. The summed E-state index contributed by atoms with van der Waals surface area (Å²) in [4.78, 5) is 12.1. The molecule has 148 valence electrons. The molecule has 0 unspecified atom stereocenters. The smallest absolute Gasteiger partial charge is 0.309 e. The van der Waals surface area contributed by atoms with Gasteiger partial charge in [-0.05, 0) is 71.0 Å². The maximum atomic E-state index is 12.1. The van der Waals surface area contributed by atoms with E-state index in [2.05, 4.69) is 33.9 Å². The summed E-state index contributed by atoms with van der Waals surface area (Å²) in [6, 6.07) is 0. The molecule has 1 saturated carbocycles. The number of hydrogen-bond acceptors (Lipinski definition) is 4. The second kappa shape index (κ2) is 9.00. The van der Waals surface area contributed by atoms with Gasteiger partial charge in [-0.3, -0.25) is 4.79 Å². The average molecular weight is 373 g/mol. The molecule has 1 aliphatic rings. The van der Waals surface area contributed by atoms with Crippen LogP contribution in [0.3, 0.4) is 0 Å². The van der Waals surface area contributed by atoms with Crippen molar-refractivity contribution in [3.63, 3.8) is 0 Å². The van der Waals surface area contributed by atoms with Crippen LogP contribution in [-0.4, -0.2) is 39.2 Å². The molecule has 0 radical (unpaired) electrons. The Kier molecular flexibility index (Phi) is 8.16. The lowest BCUT2D eigenvalue weighted by atomic mass is 9.87. The van der Waals surface area contributed by atoms with Crippen LogP contribution in [0.2, 0.25) is 18.1 Å². The fourth-order valence-corrected chi connectivity index (χ4v) is 3.79. The van der Waals surface area contributed by atoms with Gasteiger partial charge in [0.15, 0.2) is 8.32 Å². The van der Waals surface area contributed by atoms with Crippen LogP contribution in [0.15, 0.2) is 0 Å². The van der Waals surface area contributed by atoms with E-state index in [0.717, 1.165) is 45.3 Å². The minimum atomic E-state index is -1.64. The van der Waals surface area contributed by atoms with Crippen molar-refractivity contribution in [3.8, 4) is 0 Å². The molecule has 0 spiro atoms. The minimum Gasteiger partial charge on any atom is -0.460 e. The molecule has 4 nitrogen and oxygen atoms in total. The van der Waals surface area contributed by atoms with E-state index in [4.69, 9.17) is 13.9 Å². The predicted molar refractivity (Wildman–Crippen MR) is 105 cm³/mol. The van der Waals surface area contributed by atoms with Gasteiger partial charge in [-0.15, -0.1) is 0 Å². The van der Waals surface area contributed by atoms with Gasteiger partial charge >= 0.3 is 5.97 Å². The molecule has 0 atom stereocenters. The molecule has 25 heavy (non-hydrogen) atoms. The zero-order chi connectivity index (χ0) is 19.3. The Balaban J connectivity index is 2.18. The summed E-state index contributed by atoms with van der Waals surface area (Å²) in [5, 5.41) is 0.258. The molecular weight excluding hydrogens is 332 g/mol. The molecule has 0 aromatic carbocycles. The second-order valence-electron chi connectivity index (χ2n) is 9.84. The van der Waals surface area contributed by atoms with Crippen molar-refractivity contribution >= 4 is 14.3 Å². The van der Waals surface area contributed by atoms with Crippen molar-refractivity contribution in [2.75, 3.05) is 13.2 Å². The summed E-state index contributed by atoms with van der Waals surface area (Å²) in [5.41, 5.74) is -0.394. The third kappa shape index (κ3) is 8.22. The van der Waals surface area contributed by atoms with Gasteiger partial charge in [0, 0.05) is 13.2 Å². The molecule has 1 rings (SSSR count). The molecule has 0 heterocycles. The molecule has 0 aromatic heterocycles. The van der Waals surface area contributed by atoms with Crippen LogP contribution in [-0.2, 0) is 18.7 Å². The first kappa shape index (κ1) is 22.6. The first-order valence-corrected chi connectivity index (χ1v) is 12.7. The Hall–Kier alpha value is -0.393. The monoisotopic (exact) mass is 372 g/mol. The van der Waals surface area contributed by atoms with E-state index in [1.807, 2.05) is 20.8 Å². The van der Waals surface area contributed by atoms with Gasteiger partial charge in [0.05, 0.1) is 12.0 Å². The summed E-state index contributed by atoms with van der Waals surface area (Å²) in [6.07, 6.45) is 4.88. The normalized spacial score (nSPS) is 22.7. The van der Waals surface area contributed by atoms with Crippen LogP contribution in [0.4, 0.5) is 0 Å². The number of carbonyl (C=O) groups is 1. The second-order valence-corrected chi connectivity index (χ2v) is 14.6. The van der Waals surface area contributed by atoms with Crippen molar-refractivity contribution in [1.82, 2.24) is 0 Å². The summed E-state index contributed by atoms with van der Waals surface area (Å²) >= 11 is 0. The van der Waals surface area contributed by atoms with Crippen molar-refractivity contribution in [2.24, 2.45) is 5.92 Å². The van der Waals surface area contributed by atoms with Crippen LogP contribution < -0.4 is 0 Å². The molecule has 0 aromatic rings. The third-order valence-corrected chi connectivity index (χ3v) is 9.86. The molecule has 1 fully saturated rings. The van der Waals surface area contributed by atoms with Gasteiger partial charge in [0.1, 0.15) is 5.60 Å². The van der Waals surface area contributed by atoms with E-state index in [1.165, 1.54) is 0 Å². The molecule has 0 bridgehead atoms. The SMILES string of the molecule is CC(C)(C)OC(=O)[C@H]1CC[C@@H](OCCCO[Si](C)(C)C(C)(C)C)CC1. The van der Waals surface area contributed by atoms with Crippen LogP contribution >= 0.6 is 0 Å². The van der Waals surface area contributed by atoms with Crippen LogP contribution in [0, 0.1) is 5.92 Å². The third-order valence-electron chi connectivity index (χ3n) is 5.33. The Morgan fingerprint density at radius 3 is 2.00 bits per heavy atom. The van der Waals surface area contributed by atoms with Crippen LogP contribution in [0.1, 0.15) is 73.6 Å². The quantitative estimate of drug-likeness (QED) is 0.345. The summed E-state index contributed by atoms with van der Waals surface area (Å²) in [5.74, 6) is -0.00489. The van der Waals surface area contributed by atoms with Gasteiger partial charge in [0.2, 0.25) is 0 Å². The van der Waals surface area contributed by atoms with Gasteiger partial charge in [-0.2, -0.15) is 0 Å². The van der Waals surface area contributed by atoms with E-state index in [-0.39, 0.29) is 23.0 Å².